The van der Waals surface area contributed by atoms with Gasteiger partial charge in [-0.05, 0) is 92.8 Å². The second-order valence-corrected chi connectivity index (χ2v) is 16.0. The summed E-state index contributed by atoms with van der Waals surface area (Å²) in [7, 11) is -3.86. The zero-order valence-corrected chi connectivity index (χ0v) is 32.9. The molecule has 1 aromatic heterocycles. The van der Waals surface area contributed by atoms with Gasteiger partial charge in [0.05, 0.1) is 35.3 Å². The number of anilines is 2. The summed E-state index contributed by atoms with van der Waals surface area (Å²) in [4.78, 5) is 47.5. The molecule has 0 bridgehead atoms. The molecule has 1 unspecified atom stereocenters. The fraction of sp³-hybridized carbons (Fsp3) is 0.487. The molecule has 2 aliphatic heterocycles. The standard InChI is InChI=1S/C39H47F3N8O7S/c1-26-23-30(9-10-31(26)37(53)54)58(55,56)46-17-22-57-21-16-44-35(51)4-2-3-27-12-18-49(19-13-27)33-24-34(48-38(47-33)39(40,41)42)50-20-14-32(50)36(52)45-15-11-28-5-7-29(25-43)8-6-28/h5-10,23-24,27,32,46H,2-4,11-22H2,1H3,(H,44,51)(H,45,52)(H,53,54). The Morgan fingerprint density at radius 1 is 0.948 bits per heavy atom. The molecule has 312 valence electrons. The smallest absolute Gasteiger partial charge is 0.451 e. The van der Waals surface area contributed by atoms with Gasteiger partial charge in [-0.3, -0.25) is 9.59 Å². The van der Waals surface area contributed by atoms with E-state index in [1.165, 1.54) is 31.2 Å². The second-order valence-electron chi connectivity index (χ2n) is 14.2. The molecule has 3 heterocycles. The van der Waals surface area contributed by atoms with Crippen LogP contribution in [0.5, 0.6) is 0 Å². The van der Waals surface area contributed by atoms with Crippen LogP contribution >= 0.6 is 0 Å². The number of hydrogen-bond acceptors (Lipinski definition) is 11. The van der Waals surface area contributed by atoms with Crippen LogP contribution in [0, 0.1) is 24.2 Å². The Morgan fingerprint density at radius 2 is 1.66 bits per heavy atom. The van der Waals surface area contributed by atoms with Gasteiger partial charge < -0.3 is 30.3 Å². The van der Waals surface area contributed by atoms with Crippen molar-refractivity contribution in [3.05, 3.63) is 76.6 Å². The first kappa shape index (κ1) is 43.8. The molecule has 3 aromatic rings. The van der Waals surface area contributed by atoms with Crippen molar-refractivity contribution in [1.82, 2.24) is 25.3 Å². The van der Waals surface area contributed by atoms with Crippen molar-refractivity contribution in [3.63, 3.8) is 0 Å². The van der Waals surface area contributed by atoms with Crippen molar-refractivity contribution < 1.29 is 45.8 Å². The number of alkyl halides is 3. The summed E-state index contributed by atoms with van der Waals surface area (Å²) in [6.45, 7) is 3.65. The van der Waals surface area contributed by atoms with Gasteiger partial charge in [-0.15, -0.1) is 0 Å². The zero-order chi connectivity index (χ0) is 41.9. The highest BCUT2D eigenvalue weighted by Crippen LogP contribution is 2.35. The van der Waals surface area contributed by atoms with E-state index in [9.17, 15) is 36.0 Å². The highest BCUT2D eigenvalue weighted by molar-refractivity contribution is 7.89. The van der Waals surface area contributed by atoms with Gasteiger partial charge in [0.25, 0.3) is 0 Å². The topological polar surface area (TPSA) is 207 Å². The molecule has 2 amide bonds. The first-order chi connectivity index (χ1) is 27.6. The highest BCUT2D eigenvalue weighted by atomic mass is 32.2. The number of hydrogen-bond donors (Lipinski definition) is 4. The Bertz CT molecular complexity index is 2070. The number of aryl methyl sites for hydroxylation is 1. The molecule has 1 atom stereocenters. The summed E-state index contributed by atoms with van der Waals surface area (Å²) in [5.41, 5.74) is 1.82. The van der Waals surface area contributed by atoms with Crippen LogP contribution in [0.1, 0.15) is 71.4 Å². The van der Waals surface area contributed by atoms with Crippen molar-refractivity contribution in [2.24, 2.45) is 5.92 Å². The first-order valence-corrected chi connectivity index (χ1v) is 20.6. The normalized spacial score (nSPS) is 16.0. The Balaban J connectivity index is 0.992. The number of halogens is 3. The number of aromatic nitrogens is 2. The van der Waals surface area contributed by atoms with Gasteiger partial charge in [-0.25, -0.2) is 27.9 Å². The third-order valence-electron chi connectivity index (χ3n) is 10.2. The van der Waals surface area contributed by atoms with Gasteiger partial charge in [0.1, 0.15) is 17.7 Å². The van der Waals surface area contributed by atoms with Crippen LogP contribution in [0.25, 0.3) is 0 Å². The van der Waals surface area contributed by atoms with Crippen LogP contribution in [0.2, 0.25) is 0 Å². The lowest BCUT2D eigenvalue weighted by Crippen LogP contribution is -2.57. The maximum atomic E-state index is 13.9. The molecule has 0 saturated carbocycles. The lowest BCUT2D eigenvalue weighted by atomic mass is 9.91. The number of carbonyl (C=O) groups is 3. The van der Waals surface area contributed by atoms with Gasteiger partial charge in [0.15, 0.2) is 0 Å². The Hall–Kier alpha value is -5.32. The zero-order valence-electron chi connectivity index (χ0n) is 32.1. The molecule has 0 aliphatic carbocycles. The van der Waals surface area contributed by atoms with Crippen molar-refractivity contribution in [2.45, 2.75) is 69.0 Å². The monoisotopic (exact) mass is 828 g/mol. The summed E-state index contributed by atoms with van der Waals surface area (Å²) in [5.74, 6) is -2.36. The number of rotatable bonds is 19. The Kier molecular flexibility index (Phi) is 15.0. The fourth-order valence-electron chi connectivity index (χ4n) is 6.82. The van der Waals surface area contributed by atoms with Crippen LogP contribution < -0.4 is 25.2 Å². The van der Waals surface area contributed by atoms with Crippen molar-refractivity contribution in [3.8, 4) is 6.07 Å². The van der Waals surface area contributed by atoms with Crippen LogP contribution in [0.3, 0.4) is 0 Å². The number of nitrogens with zero attached hydrogens (tertiary/aromatic N) is 5. The summed E-state index contributed by atoms with van der Waals surface area (Å²) in [5, 5.41) is 23.7. The van der Waals surface area contributed by atoms with Crippen LogP contribution in [-0.4, -0.2) is 99.8 Å². The Labute approximate surface area is 335 Å². The number of ether oxygens (including phenoxy) is 1. The maximum absolute atomic E-state index is 13.9. The highest BCUT2D eigenvalue weighted by Gasteiger charge is 2.40. The molecule has 2 aliphatic rings. The largest absolute Gasteiger partial charge is 0.478 e. The molecule has 19 heteroatoms. The predicted octanol–water partition coefficient (Wildman–Crippen LogP) is 3.81. The van der Waals surface area contributed by atoms with Gasteiger partial charge in [0.2, 0.25) is 27.7 Å². The quantitative estimate of drug-likeness (QED) is 0.127. The number of carboxylic acid groups (broad SMARTS) is 1. The third-order valence-corrected chi connectivity index (χ3v) is 11.6. The number of nitriles is 1. The van der Waals surface area contributed by atoms with Gasteiger partial charge in [-0.2, -0.15) is 18.4 Å². The minimum absolute atomic E-state index is 0.0158. The average molecular weight is 829 g/mol. The van der Waals surface area contributed by atoms with Crippen LogP contribution in [0.15, 0.2) is 53.4 Å². The molecule has 58 heavy (non-hydrogen) atoms. The van der Waals surface area contributed by atoms with E-state index in [4.69, 9.17) is 15.1 Å². The van der Waals surface area contributed by atoms with E-state index >= 15 is 0 Å². The summed E-state index contributed by atoms with van der Waals surface area (Å²) >= 11 is 0. The van der Waals surface area contributed by atoms with Crippen molar-refractivity contribution in [2.75, 3.05) is 62.3 Å². The molecule has 2 saturated heterocycles. The van der Waals surface area contributed by atoms with E-state index in [1.807, 2.05) is 12.1 Å². The number of nitrogens with one attached hydrogen (secondary N) is 3. The molecule has 4 N–H and O–H groups in total. The van der Waals surface area contributed by atoms with Crippen molar-refractivity contribution in [1.29, 1.82) is 5.26 Å². The first-order valence-electron chi connectivity index (χ1n) is 19.1. The van der Waals surface area contributed by atoms with E-state index < -0.39 is 34.0 Å². The molecule has 2 fully saturated rings. The van der Waals surface area contributed by atoms with Gasteiger partial charge >= 0.3 is 12.1 Å². The van der Waals surface area contributed by atoms with Crippen LogP contribution in [0.4, 0.5) is 24.8 Å². The van der Waals surface area contributed by atoms with E-state index in [0.717, 1.165) is 12.0 Å². The number of amides is 2. The average Bonchev–Trinajstić information content (AvgIpc) is 3.17. The molecular weight excluding hydrogens is 782 g/mol. The number of sulfonamides is 1. The minimum atomic E-state index is -4.78. The van der Waals surface area contributed by atoms with Gasteiger partial charge in [-0.1, -0.05) is 12.1 Å². The molecule has 15 nitrogen and oxygen atoms in total. The molecule has 0 spiro atoms. The van der Waals surface area contributed by atoms with E-state index in [0.29, 0.717) is 75.8 Å². The summed E-state index contributed by atoms with van der Waals surface area (Å²) in [6.07, 6.45) is -0.645. The number of carboxylic acids is 1. The molecule has 5 rings (SSSR count). The summed E-state index contributed by atoms with van der Waals surface area (Å²) < 4.78 is 74.6. The summed E-state index contributed by atoms with van der Waals surface area (Å²) in [6, 6.07) is 13.7. The number of benzene rings is 2. The van der Waals surface area contributed by atoms with Crippen molar-refractivity contribution >= 4 is 39.4 Å². The van der Waals surface area contributed by atoms with E-state index in [-0.39, 0.29) is 66.1 Å². The van der Waals surface area contributed by atoms with Gasteiger partial charge in [0, 0.05) is 51.8 Å². The number of aromatic carboxylic acids is 1. The molecular formula is C39H47F3N8O7S. The maximum Gasteiger partial charge on any atom is 0.451 e. The predicted molar refractivity (Wildman–Crippen MR) is 207 cm³/mol. The lowest BCUT2D eigenvalue weighted by Gasteiger charge is -2.41. The fourth-order valence-corrected chi connectivity index (χ4v) is 7.91. The molecule has 0 radical (unpaired) electrons. The number of piperidine rings is 1. The minimum Gasteiger partial charge on any atom is -0.478 e. The number of carbonyl (C=O) groups excluding carboxylic acids is 2. The molecule has 2 aromatic carbocycles. The SMILES string of the molecule is Cc1cc(S(=O)(=O)NCCOCCNC(=O)CCCC2CCN(c3cc(N4CCC4C(=O)NCCc4ccc(C#N)cc4)nc(C(F)(F)F)n3)CC2)ccc1C(=O)O. The van der Waals surface area contributed by atoms with Crippen LogP contribution in [-0.2, 0) is 36.9 Å². The third kappa shape index (κ3) is 12.1. The lowest BCUT2D eigenvalue weighted by molar-refractivity contribution is -0.144. The Morgan fingerprint density at radius 3 is 2.29 bits per heavy atom. The van der Waals surface area contributed by atoms with E-state index in [1.54, 1.807) is 21.9 Å². The second kappa shape index (κ2) is 19.9. The van der Waals surface area contributed by atoms with E-state index in [2.05, 4.69) is 31.4 Å².